The van der Waals surface area contributed by atoms with E-state index >= 15 is 0 Å². The SMILES string of the molecule is CC1(C)C[C@@H]2C(=O)OCC[C@@H]2[C@H]1O[Si](C)(C)C(C)(C)C. The van der Waals surface area contributed by atoms with Gasteiger partial charge in [0, 0.05) is 5.92 Å². The van der Waals surface area contributed by atoms with Crippen molar-refractivity contribution in [3.63, 3.8) is 0 Å². The van der Waals surface area contributed by atoms with Crippen LogP contribution in [0.25, 0.3) is 0 Å². The lowest BCUT2D eigenvalue weighted by Crippen LogP contribution is -2.49. The summed E-state index contributed by atoms with van der Waals surface area (Å²) in [7, 11) is -1.81. The van der Waals surface area contributed by atoms with Crippen molar-refractivity contribution in [1.82, 2.24) is 0 Å². The van der Waals surface area contributed by atoms with Gasteiger partial charge in [-0.15, -0.1) is 0 Å². The third-order valence-electron chi connectivity index (χ3n) is 5.65. The van der Waals surface area contributed by atoms with Gasteiger partial charge in [0.25, 0.3) is 0 Å². The van der Waals surface area contributed by atoms with Gasteiger partial charge in [-0.3, -0.25) is 4.79 Å². The first-order valence-electron chi connectivity index (χ1n) is 7.80. The quantitative estimate of drug-likeness (QED) is 0.571. The molecule has 0 amide bonds. The van der Waals surface area contributed by atoms with Crippen LogP contribution in [0.5, 0.6) is 0 Å². The van der Waals surface area contributed by atoms with E-state index < -0.39 is 8.32 Å². The Morgan fingerprint density at radius 3 is 2.45 bits per heavy atom. The summed E-state index contributed by atoms with van der Waals surface area (Å²) in [6, 6.07) is 0. The highest BCUT2D eigenvalue weighted by Crippen LogP contribution is 2.52. The summed E-state index contributed by atoms with van der Waals surface area (Å²) in [4.78, 5) is 12.0. The average molecular weight is 298 g/mol. The maximum Gasteiger partial charge on any atom is 0.309 e. The van der Waals surface area contributed by atoms with E-state index in [1.807, 2.05) is 0 Å². The highest BCUT2D eigenvalue weighted by Gasteiger charge is 2.55. The molecule has 2 rings (SSSR count). The molecule has 116 valence electrons. The first kappa shape index (κ1) is 16.0. The zero-order chi connectivity index (χ0) is 15.3. The van der Waals surface area contributed by atoms with E-state index in [-0.39, 0.29) is 28.4 Å². The van der Waals surface area contributed by atoms with E-state index in [1.165, 1.54) is 0 Å². The number of cyclic esters (lactones) is 1. The molecule has 1 heterocycles. The van der Waals surface area contributed by atoms with Crippen LogP contribution < -0.4 is 0 Å². The molecule has 4 heteroatoms. The van der Waals surface area contributed by atoms with Crippen LogP contribution in [0.1, 0.15) is 47.5 Å². The molecular formula is C16H30O3Si. The second-order valence-corrected chi connectivity index (χ2v) is 13.5. The zero-order valence-corrected chi connectivity index (χ0v) is 15.1. The van der Waals surface area contributed by atoms with Gasteiger partial charge in [0.1, 0.15) is 0 Å². The van der Waals surface area contributed by atoms with Crippen molar-refractivity contribution < 1.29 is 14.0 Å². The van der Waals surface area contributed by atoms with Crippen molar-refractivity contribution >= 4 is 14.3 Å². The summed E-state index contributed by atoms with van der Waals surface area (Å²) < 4.78 is 12.0. The molecule has 2 fully saturated rings. The molecule has 0 aromatic rings. The van der Waals surface area contributed by atoms with Crippen molar-refractivity contribution in [2.75, 3.05) is 6.61 Å². The molecule has 0 N–H and O–H groups in total. The number of hydrogen-bond donors (Lipinski definition) is 0. The summed E-state index contributed by atoms with van der Waals surface area (Å²) in [5.74, 6) is 0.393. The molecule has 0 radical (unpaired) electrons. The molecule has 1 aliphatic carbocycles. The lowest BCUT2D eigenvalue weighted by molar-refractivity contribution is -0.156. The average Bonchev–Trinajstić information content (AvgIpc) is 2.51. The maximum absolute atomic E-state index is 12.0. The number of fused-ring (bicyclic) bond motifs is 1. The lowest BCUT2D eigenvalue weighted by atomic mass is 9.86. The van der Waals surface area contributed by atoms with Crippen LogP contribution in [0, 0.1) is 17.3 Å². The van der Waals surface area contributed by atoms with E-state index in [9.17, 15) is 4.79 Å². The van der Waals surface area contributed by atoms with Gasteiger partial charge in [-0.2, -0.15) is 0 Å². The highest BCUT2D eigenvalue weighted by molar-refractivity contribution is 6.74. The molecular weight excluding hydrogens is 268 g/mol. The van der Waals surface area contributed by atoms with Crippen molar-refractivity contribution in [3.05, 3.63) is 0 Å². The Hall–Kier alpha value is -0.353. The van der Waals surface area contributed by atoms with E-state index in [2.05, 4.69) is 47.7 Å². The minimum Gasteiger partial charge on any atom is -0.465 e. The fourth-order valence-electron chi connectivity index (χ4n) is 3.38. The van der Waals surface area contributed by atoms with Gasteiger partial charge in [0.15, 0.2) is 8.32 Å². The zero-order valence-electron chi connectivity index (χ0n) is 14.1. The molecule has 1 aliphatic heterocycles. The number of esters is 1. The maximum atomic E-state index is 12.0. The van der Waals surface area contributed by atoms with Crippen molar-refractivity contribution in [1.29, 1.82) is 0 Å². The number of hydrogen-bond acceptors (Lipinski definition) is 3. The topological polar surface area (TPSA) is 35.5 Å². The first-order valence-corrected chi connectivity index (χ1v) is 10.7. The first-order chi connectivity index (χ1) is 8.96. The van der Waals surface area contributed by atoms with Crippen molar-refractivity contribution in [3.8, 4) is 0 Å². The number of carbonyl (C=O) groups is 1. The van der Waals surface area contributed by atoms with Gasteiger partial charge >= 0.3 is 5.97 Å². The third kappa shape index (κ3) is 2.69. The van der Waals surface area contributed by atoms with Gasteiger partial charge in [0.2, 0.25) is 0 Å². The Morgan fingerprint density at radius 2 is 1.90 bits per heavy atom. The van der Waals surface area contributed by atoms with Crippen molar-refractivity contribution in [2.45, 2.75) is 71.7 Å². The Kier molecular flexibility index (Phi) is 3.88. The Labute approximate surface area is 124 Å². The number of carbonyl (C=O) groups excluding carboxylic acids is 1. The molecule has 0 unspecified atom stereocenters. The fourth-order valence-corrected chi connectivity index (χ4v) is 4.86. The van der Waals surface area contributed by atoms with Gasteiger partial charge in [-0.05, 0) is 36.4 Å². The van der Waals surface area contributed by atoms with Crippen LogP contribution in [-0.2, 0) is 14.0 Å². The molecule has 20 heavy (non-hydrogen) atoms. The molecule has 0 bridgehead atoms. The second-order valence-electron chi connectivity index (χ2n) is 8.72. The predicted molar refractivity (Wildman–Crippen MR) is 83.0 cm³/mol. The van der Waals surface area contributed by atoms with Crippen LogP contribution in [0.15, 0.2) is 0 Å². The van der Waals surface area contributed by atoms with Crippen LogP contribution in [0.3, 0.4) is 0 Å². The predicted octanol–water partition coefficient (Wildman–Crippen LogP) is 3.99. The highest BCUT2D eigenvalue weighted by atomic mass is 28.4. The molecule has 3 nitrogen and oxygen atoms in total. The van der Waals surface area contributed by atoms with Crippen LogP contribution >= 0.6 is 0 Å². The van der Waals surface area contributed by atoms with Gasteiger partial charge in [-0.25, -0.2) is 0 Å². The minimum atomic E-state index is -1.81. The third-order valence-corrected chi connectivity index (χ3v) is 10.1. The van der Waals surface area contributed by atoms with E-state index in [0.29, 0.717) is 12.5 Å². The second kappa shape index (κ2) is 4.84. The van der Waals surface area contributed by atoms with Gasteiger partial charge < -0.3 is 9.16 Å². The summed E-state index contributed by atoms with van der Waals surface area (Å²) in [5, 5.41) is 0.205. The standard InChI is InChI=1S/C16H30O3Si/c1-15(2,3)20(6,7)19-13-11-8-9-18-14(17)12(11)10-16(13,4)5/h11-13H,8-10H2,1-7H3/t11-,12-,13+/m0/s1. The molecule has 1 saturated heterocycles. The Bertz CT molecular complexity index is 395. The molecule has 1 saturated carbocycles. The lowest BCUT2D eigenvalue weighted by Gasteiger charge is -2.44. The van der Waals surface area contributed by atoms with Gasteiger partial charge in [-0.1, -0.05) is 34.6 Å². The van der Waals surface area contributed by atoms with Crippen LogP contribution in [0.4, 0.5) is 0 Å². The van der Waals surface area contributed by atoms with E-state index in [1.54, 1.807) is 0 Å². The van der Waals surface area contributed by atoms with E-state index in [4.69, 9.17) is 9.16 Å². The minimum absolute atomic E-state index is 0.00402. The summed E-state index contributed by atoms with van der Waals surface area (Å²) in [5.41, 5.74) is 0.0637. The summed E-state index contributed by atoms with van der Waals surface area (Å²) >= 11 is 0. The van der Waals surface area contributed by atoms with Crippen molar-refractivity contribution in [2.24, 2.45) is 17.3 Å². The smallest absolute Gasteiger partial charge is 0.309 e. The Balaban J connectivity index is 2.24. The van der Waals surface area contributed by atoms with Crippen LogP contribution in [0.2, 0.25) is 18.1 Å². The van der Waals surface area contributed by atoms with E-state index in [0.717, 1.165) is 12.8 Å². The molecule has 0 aromatic carbocycles. The summed E-state index contributed by atoms with van der Waals surface area (Å²) in [6.45, 7) is 16.5. The monoisotopic (exact) mass is 298 g/mol. The molecule has 3 atom stereocenters. The fraction of sp³-hybridized carbons (Fsp3) is 0.938. The van der Waals surface area contributed by atoms with Crippen LogP contribution in [-0.4, -0.2) is 27.0 Å². The molecule has 0 spiro atoms. The normalized spacial score (nSPS) is 33.8. The van der Waals surface area contributed by atoms with Gasteiger partial charge in [0.05, 0.1) is 18.6 Å². The Morgan fingerprint density at radius 1 is 1.30 bits per heavy atom. The largest absolute Gasteiger partial charge is 0.465 e. The molecule has 2 aliphatic rings. The summed E-state index contributed by atoms with van der Waals surface area (Å²) in [6.07, 6.45) is 2.05. The number of ether oxygens (including phenoxy) is 1. The number of rotatable bonds is 2. The molecule has 0 aromatic heterocycles.